The van der Waals surface area contributed by atoms with Gasteiger partial charge in [-0.1, -0.05) is 0 Å². The van der Waals surface area contributed by atoms with Crippen LogP contribution in [0.2, 0.25) is 0 Å². The molecule has 84 valence electrons. The van der Waals surface area contributed by atoms with Crippen LogP contribution in [0.15, 0.2) is 10.5 Å². The van der Waals surface area contributed by atoms with Gasteiger partial charge in [0.25, 0.3) is 0 Å². The molecule has 0 aromatic carbocycles. The van der Waals surface area contributed by atoms with Gasteiger partial charge in [-0.25, -0.2) is 0 Å². The van der Waals surface area contributed by atoms with Gasteiger partial charge >= 0.3 is 0 Å². The van der Waals surface area contributed by atoms with Gasteiger partial charge in [-0.2, -0.15) is 0 Å². The maximum atomic E-state index is 9.30. The molecule has 15 heavy (non-hydrogen) atoms. The van der Waals surface area contributed by atoms with E-state index in [1.165, 1.54) is 12.0 Å². The van der Waals surface area contributed by atoms with E-state index in [2.05, 4.69) is 11.4 Å². The number of hydrogen-bond acceptors (Lipinski definition) is 3. The van der Waals surface area contributed by atoms with Crippen LogP contribution in [-0.2, 0) is 6.54 Å². The summed E-state index contributed by atoms with van der Waals surface area (Å²) in [4.78, 5) is 0. The molecule has 0 spiro atoms. The molecule has 0 aliphatic heterocycles. The van der Waals surface area contributed by atoms with Crippen molar-refractivity contribution in [1.29, 1.82) is 0 Å². The zero-order valence-corrected chi connectivity index (χ0v) is 9.47. The lowest BCUT2D eigenvalue weighted by molar-refractivity contribution is 0.0871. The van der Waals surface area contributed by atoms with Crippen LogP contribution in [0.4, 0.5) is 0 Å². The van der Waals surface area contributed by atoms with Crippen LogP contribution in [0.1, 0.15) is 36.3 Å². The van der Waals surface area contributed by atoms with Crippen LogP contribution in [0.3, 0.4) is 0 Å². The van der Waals surface area contributed by atoms with Crippen LogP contribution < -0.4 is 5.32 Å². The second-order valence-electron chi connectivity index (χ2n) is 4.58. The maximum absolute atomic E-state index is 9.30. The van der Waals surface area contributed by atoms with Crippen molar-refractivity contribution in [3.05, 3.63) is 23.2 Å². The lowest BCUT2D eigenvalue weighted by Gasteiger charge is -2.41. The van der Waals surface area contributed by atoms with Crippen LogP contribution in [-0.4, -0.2) is 17.3 Å². The number of hydrogen-bond donors (Lipinski definition) is 2. The van der Waals surface area contributed by atoms with E-state index >= 15 is 0 Å². The largest absolute Gasteiger partial charge is 0.466 e. The molecule has 1 aliphatic carbocycles. The van der Waals surface area contributed by atoms with Crippen LogP contribution >= 0.6 is 0 Å². The molecular formula is C12H19NO2. The van der Waals surface area contributed by atoms with Crippen LogP contribution in [0.5, 0.6) is 0 Å². The average Bonchev–Trinajstić information content (AvgIpc) is 2.44. The zero-order chi connectivity index (χ0) is 10.9. The minimum atomic E-state index is -0.0163. The summed E-state index contributed by atoms with van der Waals surface area (Å²) in [6.45, 7) is 4.98. The number of furan rings is 1. The molecule has 0 unspecified atom stereocenters. The molecule has 1 fully saturated rings. The van der Waals surface area contributed by atoms with Gasteiger partial charge in [0, 0.05) is 17.6 Å². The van der Waals surface area contributed by atoms with Gasteiger partial charge in [0.05, 0.1) is 6.61 Å². The Kier molecular flexibility index (Phi) is 2.85. The lowest BCUT2D eigenvalue weighted by Crippen LogP contribution is -2.53. The van der Waals surface area contributed by atoms with Crippen molar-refractivity contribution < 1.29 is 9.52 Å². The van der Waals surface area contributed by atoms with Gasteiger partial charge in [-0.05, 0) is 39.2 Å². The second-order valence-corrected chi connectivity index (χ2v) is 4.58. The topological polar surface area (TPSA) is 45.4 Å². The Morgan fingerprint density at radius 1 is 1.47 bits per heavy atom. The first kappa shape index (κ1) is 10.7. The maximum Gasteiger partial charge on any atom is 0.105 e. The first-order valence-corrected chi connectivity index (χ1v) is 5.57. The molecule has 0 saturated heterocycles. The number of nitrogens with one attached hydrogen (secondary N) is 1. The Morgan fingerprint density at radius 3 is 2.60 bits per heavy atom. The van der Waals surface area contributed by atoms with Crippen molar-refractivity contribution in [3.63, 3.8) is 0 Å². The summed E-state index contributed by atoms with van der Waals surface area (Å²) in [6, 6.07) is 2.06. The zero-order valence-electron chi connectivity index (χ0n) is 9.47. The number of aryl methyl sites for hydroxylation is 2. The van der Waals surface area contributed by atoms with E-state index in [0.717, 1.165) is 30.9 Å². The van der Waals surface area contributed by atoms with Gasteiger partial charge in [0.2, 0.25) is 0 Å². The average molecular weight is 209 g/mol. The third kappa shape index (κ3) is 2.08. The molecule has 1 aliphatic rings. The van der Waals surface area contributed by atoms with Crippen molar-refractivity contribution in [1.82, 2.24) is 5.32 Å². The fourth-order valence-corrected chi connectivity index (χ4v) is 2.14. The molecule has 2 rings (SSSR count). The van der Waals surface area contributed by atoms with Gasteiger partial charge in [-0.3, -0.25) is 0 Å². The lowest BCUT2D eigenvalue weighted by atomic mass is 9.77. The number of aliphatic hydroxyl groups is 1. The van der Waals surface area contributed by atoms with Crippen molar-refractivity contribution in [2.45, 2.75) is 45.2 Å². The van der Waals surface area contributed by atoms with E-state index in [4.69, 9.17) is 4.42 Å². The first-order chi connectivity index (χ1) is 7.15. The predicted molar refractivity (Wildman–Crippen MR) is 58.7 cm³/mol. The molecule has 0 amide bonds. The van der Waals surface area contributed by atoms with Gasteiger partial charge < -0.3 is 14.8 Å². The summed E-state index contributed by atoms with van der Waals surface area (Å²) < 4.78 is 5.46. The predicted octanol–water partition coefficient (Wildman–Crippen LogP) is 1.90. The number of rotatable bonds is 4. The summed E-state index contributed by atoms with van der Waals surface area (Å²) in [7, 11) is 0. The Labute approximate surface area is 90.5 Å². The first-order valence-electron chi connectivity index (χ1n) is 5.57. The van der Waals surface area contributed by atoms with Crippen molar-refractivity contribution in [3.8, 4) is 0 Å². The van der Waals surface area contributed by atoms with Gasteiger partial charge in [0.15, 0.2) is 0 Å². The molecule has 1 saturated carbocycles. The monoisotopic (exact) mass is 209 g/mol. The number of aliphatic hydroxyl groups excluding tert-OH is 1. The van der Waals surface area contributed by atoms with E-state index in [-0.39, 0.29) is 12.1 Å². The highest BCUT2D eigenvalue weighted by Crippen LogP contribution is 2.31. The quantitative estimate of drug-likeness (QED) is 0.796. The fraction of sp³-hybridized carbons (Fsp3) is 0.667. The molecule has 1 aromatic rings. The van der Waals surface area contributed by atoms with Gasteiger partial charge in [0.1, 0.15) is 11.5 Å². The van der Waals surface area contributed by atoms with Crippen molar-refractivity contribution >= 4 is 0 Å². The SMILES string of the molecule is Cc1cc(CNC2(CO)CCC2)c(C)o1. The van der Waals surface area contributed by atoms with E-state index in [0.29, 0.717) is 0 Å². The molecule has 2 N–H and O–H groups in total. The standard InChI is InChI=1S/C12H19NO2/c1-9-6-11(10(2)15-9)7-13-12(8-14)4-3-5-12/h6,13-14H,3-5,7-8H2,1-2H3. The summed E-state index contributed by atoms with van der Waals surface area (Å²) >= 11 is 0. The second kappa shape index (κ2) is 3.99. The molecular weight excluding hydrogens is 190 g/mol. The molecule has 1 aromatic heterocycles. The highest BCUT2D eigenvalue weighted by atomic mass is 16.3. The molecule has 0 atom stereocenters. The van der Waals surface area contributed by atoms with E-state index in [1.54, 1.807) is 0 Å². The highest BCUT2D eigenvalue weighted by molar-refractivity contribution is 5.20. The smallest absolute Gasteiger partial charge is 0.105 e. The minimum absolute atomic E-state index is 0.0163. The molecule has 0 bridgehead atoms. The molecule has 1 heterocycles. The van der Waals surface area contributed by atoms with E-state index in [9.17, 15) is 5.11 Å². The normalized spacial score (nSPS) is 18.9. The fourth-order valence-electron chi connectivity index (χ4n) is 2.14. The third-order valence-electron chi connectivity index (χ3n) is 3.41. The summed E-state index contributed by atoms with van der Waals surface area (Å²) in [6.07, 6.45) is 3.38. The molecule has 0 radical (unpaired) electrons. The molecule has 3 heteroatoms. The van der Waals surface area contributed by atoms with Gasteiger partial charge in [-0.15, -0.1) is 0 Å². The Hall–Kier alpha value is -0.800. The molecule has 3 nitrogen and oxygen atoms in total. The van der Waals surface area contributed by atoms with Crippen molar-refractivity contribution in [2.24, 2.45) is 0 Å². The van der Waals surface area contributed by atoms with Crippen LogP contribution in [0, 0.1) is 13.8 Å². The highest BCUT2D eigenvalue weighted by Gasteiger charge is 2.35. The van der Waals surface area contributed by atoms with E-state index in [1.807, 2.05) is 13.8 Å². The summed E-state index contributed by atoms with van der Waals surface area (Å²) in [5.41, 5.74) is 1.18. The Balaban J connectivity index is 1.95. The summed E-state index contributed by atoms with van der Waals surface area (Å²) in [5, 5.41) is 12.7. The minimum Gasteiger partial charge on any atom is -0.466 e. The Bertz CT molecular complexity index is 334. The van der Waals surface area contributed by atoms with E-state index < -0.39 is 0 Å². The Morgan fingerprint density at radius 2 is 2.20 bits per heavy atom. The summed E-state index contributed by atoms with van der Waals surface area (Å²) in [5.74, 6) is 1.93. The van der Waals surface area contributed by atoms with Crippen molar-refractivity contribution in [2.75, 3.05) is 6.61 Å². The van der Waals surface area contributed by atoms with Crippen LogP contribution in [0.25, 0.3) is 0 Å². The third-order valence-corrected chi connectivity index (χ3v) is 3.41.